The van der Waals surface area contributed by atoms with Gasteiger partial charge in [-0.1, -0.05) is 53.4 Å². The Balaban J connectivity index is 2.52. The molecule has 1 aliphatic heterocycles. The SMILES string of the molecule is CCCC(CC(=O)CC1CCN(C([NH3+])=O)CC1)C(CCC)C(C)C. The van der Waals surface area contributed by atoms with Gasteiger partial charge < -0.3 is 0 Å². The van der Waals surface area contributed by atoms with Crippen LogP contribution >= 0.6 is 0 Å². The summed E-state index contributed by atoms with van der Waals surface area (Å²) in [5.41, 5.74) is 3.48. The van der Waals surface area contributed by atoms with Gasteiger partial charge in [-0.15, -0.1) is 0 Å². The summed E-state index contributed by atoms with van der Waals surface area (Å²) in [6, 6.07) is -0.0814. The molecule has 0 aromatic carbocycles. The monoisotopic (exact) mass is 339 g/mol. The molecule has 0 spiro atoms. The van der Waals surface area contributed by atoms with Gasteiger partial charge in [0.2, 0.25) is 0 Å². The van der Waals surface area contributed by atoms with Crippen LogP contribution in [0.4, 0.5) is 4.79 Å². The number of nitrogens with zero attached hydrogens (tertiary/aromatic N) is 1. The Morgan fingerprint density at radius 1 is 1.08 bits per heavy atom. The highest BCUT2D eigenvalue weighted by Gasteiger charge is 2.28. The van der Waals surface area contributed by atoms with Crippen LogP contribution in [0.5, 0.6) is 0 Å². The average molecular weight is 340 g/mol. The lowest BCUT2D eigenvalue weighted by atomic mass is 9.75. The fourth-order valence-corrected chi connectivity index (χ4v) is 4.37. The van der Waals surface area contributed by atoms with Gasteiger partial charge in [-0.2, -0.15) is 0 Å². The van der Waals surface area contributed by atoms with Crippen molar-refractivity contribution in [3.8, 4) is 0 Å². The molecule has 4 nitrogen and oxygen atoms in total. The van der Waals surface area contributed by atoms with Crippen LogP contribution in [0.25, 0.3) is 0 Å². The zero-order chi connectivity index (χ0) is 18.1. The second-order valence-corrected chi connectivity index (χ2v) is 8.02. The predicted molar refractivity (Wildman–Crippen MR) is 98.5 cm³/mol. The third kappa shape index (κ3) is 6.92. The molecule has 1 saturated heterocycles. The Morgan fingerprint density at radius 2 is 1.67 bits per heavy atom. The van der Waals surface area contributed by atoms with Crippen LogP contribution in [-0.4, -0.2) is 29.8 Å². The Morgan fingerprint density at radius 3 is 2.12 bits per heavy atom. The number of Topliss-reactive ketones (excluding diaryl/α,β-unsaturated/α-hetero) is 1. The molecular formula is C20H39N2O2+. The summed E-state index contributed by atoms with van der Waals surface area (Å²) in [5.74, 6) is 2.77. The van der Waals surface area contributed by atoms with Crippen molar-refractivity contribution in [1.29, 1.82) is 0 Å². The van der Waals surface area contributed by atoms with Gasteiger partial charge in [-0.3, -0.25) is 15.4 Å². The quantitative estimate of drug-likeness (QED) is 0.656. The highest BCUT2D eigenvalue weighted by atomic mass is 16.2. The molecule has 0 bridgehead atoms. The highest BCUT2D eigenvalue weighted by Crippen LogP contribution is 2.33. The summed E-state index contributed by atoms with van der Waals surface area (Å²) in [5, 5.41) is 0. The summed E-state index contributed by atoms with van der Waals surface area (Å²) < 4.78 is 0. The number of urea groups is 1. The van der Waals surface area contributed by atoms with Crippen molar-refractivity contribution in [2.75, 3.05) is 13.1 Å². The van der Waals surface area contributed by atoms with Gasteiger partial charge in [0.25, 0.3) is 0 Å². The van der Waals surface area contributed by atoms with Crippen molar-refractivity contribution in [3.63, 3.8) is 0 Å². The van der Waals surface area contributed by atoms with Gasteiger partial charge >= 0.3 is 6.03 Å². The summed E-state index contributed by atoms with van der Waals surface area (Å²) in [4.78, 5) is 25.7. The second kappa shape index (κ2) is 10.9. The van der Waals surface area contributed by atoms with E-state index >= 15 is 0 Å². The van der Waals surface area contributed by atoms with Gasteiger partial charge in [0, 0.05) is 25.9 Å². The summed E-state index contributed by atoms with van der Waals surface area (Å²) in [7, 11) is 0. The van der Waals surface area contributed by atoms with E-state index in [1.807, 2.05) is 0 Å². The van der Waals surface area contributed by atoms with E-state index in [9.17, 15) is 9.59 Å². The summed E-state index contributed by atoms with van der Waals surface area (Å²) in [6.45, 7) is 10.6. The van der Waals surface area contributed by atoms with E-state index in [0.29, 0.717) is 35.9 Å². The van der Waals surface area contributed by atoms with Crippen molar-refractivity contribution < 1.29 is 15.3 Å². The smallest absolute Gasteiger partial charge is 0.300 e. The number of quaternary nitrogens is 1. The van der Waals surface area contributed by atoms with Crippen LogP contribution in [-0.2, 0) is 4.79 Å². The maximum atomic E-state index is 12.7. The third-order valence-electron chi connectivity index (χ3n) is 5.72. The van der Waals surface area contributed by atoms with Crippen LogP contribution in [0.15, 0.2) is 0 Å². The number of amides is 2. The maximum absolute atomic E-state index is 12.7. The Kier molecular flexibility index (Phi) is 9.57. The molecular weight excluding hydrogens is 300 g/mol. The van der Waals surface area contributed by atoms with E-state index in [4.69, 9.17) is 0 Å². The number of hydrogen-bond donors (Lipinski definition) is 1. The molecule has 140 valence electrons. The van der Waals surface area contributed by atoms with E-state index in [1.54, 1.807) is 4.90 Å². The largest absolute Gasteiger partial charge is 0.414 e. The normalized spacial score (nSPS) is 18.7. The zero-order valence-electron chi connectivity index (χ0n) is 16.4. The van der Waals surface area contributed by atoms with Gasteiger partial charge in [0.15, 0.2) is 0 Å². The number of likely N-dealkylation sites (tertiary alicyclic amines) is 1. The van der Waals surface area contributed by atoms with Crippen molar-refractivity contribution in [2.24, 2.45) is 23.7 Å². The lowest BCUT2D eigenvalue weighted by Gasteiger charge is -2.31. The minimum atomic E-state index is -0.0814. The zero-order valence-corrected chi connectivity index (χ0v) is 16.4. The summed E-state index contributed by atoms with van der Waals surface area (Å²) in [6.07, 6.45) is 8.13. The molecule has 1 rings (SSSR count). The van der Waals surface area contributed by atoms with Crippen LogP contribution < -0.4 is 5.73 Å². The molecule has 2 unspecified atom stereocenters. The number of rotatable bonds is 10. The molecule has 3 N–H and O–H groups in total. The molecule has 0 saturated carbocycles. The van der Waals surface area contributed by atoms with Gasteiger partial charge in [0.1, 0.15) is 5.78 Å². The first-order valence-corrected chi connectivity index (χ1v) is 10.0. The molecule has 1 heterocycles. The molecule has 2 atom stereocenters. The molecule has 1 fully saturated rings. The van der Waals surface area contributed by atoms with Gasteiger partial charge in [-0.25, -0.2) is 4.79 Å². The molecule has 24 heavy (non-hydrogen) atoms. The van der Waals surface area contributed by atoms with E-state index in [1.165, 1.54) is 19.3 Å². The lowest BCUT2D eigenvalue weighted by Crippen LogP contribution is -2.65. The first-order chi connectivity index (χ1) is 11.4. The van der Waals surface area contributed by atoms with Crippen LogP contribution in [0.1, 0.15) is 79.1 Å². The predicted octanol–water partition coefficient (Wildman–Crippen LogP) is 3.90. The molecule has 1 aliphatic rings. The van der Waals surface area contributed by atoms with E-state index in [-0.39, 0.29) is 6.03 Å². The lowest BCUT2D eigenvalue weighted by molar-refractivity contribution is -0.266. The van der Waals surface area contributed by atoms with Crippen molar-refractivity contribution in [1.82, 2.24) is 4.90 Å². The van der Waals surface area contributed by atoms with Crippen LogP contribution in [0.2, 0.25) is 0 Å². The van der Waals surface area contributed by atoms with Crippen molar-refractivity contribution in [2.45, 2.75) is 79.1 Å². The summed E-state index contributed by atoms with van der Waals surface area (Å²) >= 11 is 0. The van der Waals surface area contributed by atoms with Crippen molar-refractivity contribution in [3.05, 3.63) is 0 Å². The molecule has 0 aromatic heterocycles. The van der Waals surface area contributed by atoms with Crippen LogP contribution in [0, 0.1) is 23.7 Å². The van der Waals surface area contributed by atoms with Crippen molar-refractivity contribution >= 4 is 11.8 Å². The average Bonchev–Trinajstić information content (AvgIpc) is 2.52. The van der Waals surface area contributed by atoms with Gasteiger partial charge in [-0.05, 0) is 36.5 Å². The molecule has 4 heteroatoms. The molecule has 0 aromatic rings. The number of piperidine rings is 1. The Bertz CT molecular complexity index is 387. The fraction of sp³-hybridized carbons (Fsp3) is 0.900. The van der Waals surface area contributed by atoms with E-state index in [2.05, 4.69) is 33.4 Å². The Labute approximate surface area is 148 Å². The molecule has 0 aliphatic carbocycles. The molecule has 2 amide bonds. The number of ketones is 1. The molecule has 0 radical (unpaired) electrons. The highest BCUT2D eigenvalue weighted by molar-refractivity contribution is 5.79. The Hall–Kier alpha value is -0.900. The third-order valence-corrected chi connectivity index (χ3v) is 5.72. The first kappa shape index (κ1) is 21.1. The first-order valence-electron chi connectivity index (χ1n) is 10.0. The standard InChI is InChI=1S/C20H38N2O2/c1-5-7-17(19(8-6-2)15(3)4)14-18(23)13-16-9-11-22(12-10-16)20(21)24/h15-17,19H,5-14H2,1-4H3,(H2,21,24)/p+1. The van der Waals surface area contributed by atoms with Gasteiger partial charge in [0.05, 0.1) is 0 Å². The number of hydrogen-bond acceptors (Lipinski definition) is 2. The minimum Gasteiger partial charge on any atom is -0.300 e. The maximum Gasteiger partial charge on any atom is 0.414 e. The minimum absolute atomic E-state index is 0.0814. The topological polar surface area (TPSA) is 65.0 Å². The van der Waals surface area contributed by atoms with E-state index < -0.39 is 0 Å². The number of carbonyl (C=O) groups excluding carboxylic acids is 2. The number of carbonyl (C=O) groups is 2. The fourth-order valence-electron chi connectivity index (χ4n) is 4.37. The second-order valence-electron chi connectivity index (χ2n) is 8.02. The van der Waals surface area contributed by atoms with E-state index in [0.717, 1.165) is 38.8 Å². The van der Waals surface area contributed by atoms with Crippen LogP contribution in [0.3, 0.4) is 0 Å².